The quantitative estimate of drug-likeness (QED) is 0.853. The standard InChI is InChI=1S/C18H23NO/c1-4-7-13(2)18(20)19-14(3)16-11-10-15-8-5-6-9-17(15)12-16/h5-6,8-14H,4,7H2,1-3H3,(H,19,20). The first kappa shape index (κ1) is 14.6. The average Bonchev–Trinajstić information content (AvgIpc) is 2.46. The molecule has 0 heterocycles. The van der Waals surface area contributed by atoms with Crippen molar-refractivity contribution in [3.8, 4) is 0 Å². The normalized spacial score (nSPS) is 13.9. The van der Waals surface area contributed by atoms with Crippen LogP contribution in [0.15, 0.2) is 42.5 Å². The molecule has 0 saturated carbocycles. The lowest BCUT2D eigenvalue weighted by molar-refractivity contribution is -0.125. The first-order valence-electron chi connectivity index (χ1n) is 7.41. The Hall–Kier alpha value is -1.83. The number of hydrogen-bond acceptors (Lipinski definition) is 1. The largest absolute Gasteiger partial charge is 0.349 e. The molecule has 0 bridgehead atoms. The molecule has 0 saturated heterocycles. The van der Waals surface area contributed by atoms with Gasteiger partial charge in [0.15, 0.2) is 0 Å². The minimum atomic E-state index is 0.0476. The second kappa shape index (κ2) is 6.56. The van der Waals surface area contributed by atoms with Crippen molar-refractivity contribution in [2.75, 3.05) is 0 Å². The molecule has 2 aromatic carbocycles. The van der Waals surface area contributed by atoms with Gasteiger partial charge < -0.3 is 5.32 Å². The maximum atomic E-state index is 12.1. The average molecular weight is 269 g/mol. The van der Waals surface area contributed by atoms with Gasteiger partial charge in [-0.25, -0.2) is 0 Å². The van der Waals surface area contributed by atoms with Crippen molar-refractivity contribution in [2.24, 2.45) is 5.92 Å². The Balaban J connectivity index is 2.11. The third kappa shape index (κ3) is 3.38. The van der Waals surface area contributed by atoms with Crippen molar-refractivity contribution in [1.82, 2.24) is 5.32 Å². The van der Waals surface area contributed by atoms with Crippen molar-refractivity contribution < 1.29 is 4.79 Å². The number of benzene rings is 2. The van der Waals surface area contributed by atoms with Crippen LogP contribution in [0.1, 0.15) is 45.2 Å². The first-order valence-corrected chi connectivity index (χ1v) is 7.41. The van der Waals surface area contributed by atoms with Gasteiger partial charge in [0.25, 0.3) is 0 Å². The molecule has 0 aliphatic rings. The van der Waals surface area contributed by atoms with Gasteiger partial charge in [0.05, 0.1) is 6.04 Å². The molecule has 0 aliphatic heterocycles. The zero-order valence-electron chi connectivity index (χ0n) is 12.5. The van der Waals surface area contributed by atoms with Gasteiger partial charge in [-0.1, -0.05) is 56.7 Å². The summed E-state index contributed by atoms with van der Waals surface area (Å²) >= 11 is 0. The zero-order chi connectivity index (χ0) is 14.5. The zero-order valence-corrected chi connectivity index (χ0v) is 12.5. The summed E-state index contributed by atoms with van der Waals surface area (Å²) < 4.78 is 0. The Labute approximate surface area is 121 Å². The van der Waals surface area contributed by atoms with Crippen LogP contribution < -0.4 is 5.32 Å². The van der Waals surface area contributed by atoms with Crippen LogP contribution in [0.2, 0.25) is 0 Å². The van der Waals surface area contributed by atoms with Crippen LogP contribution in [-0.2, 0) is 4.79 Å². The maximum absolute atomic E-state index is 12.1. The summed E-state index contributed by atoms with van der Waals surface area (Å²) in [5.74, 6) is 0.232. The number of hydrogen-bond donors (Lipinski definition) is 1. The Morgan fingerprint density at radius 2 is 1.80 bits per heavy atom. The van der Waals surface area contributed by atoms with Crippen LogP contribution in [0.3, 0.4) is 0 Å². The van der Waals surface area contributed by atoms with E-state index < -0.39 is 0 Å². The molecule has 0 fully saturated rings. The van der Waals surface area contributed by atoms with Crippen LogP contribution >= 0.6 is 0 Å². The number of rotatable bonds is 5. The lowest BCUT2D eigenvalue weighted by Crippen LogP contribution is -2.31. The van der Waals surface area contributed by atoms with E-state index in [1.807, 2.05) is 26.0 Å². The van der Waals surface area contributed by atoms with E-state index in [-0.39, 0.29) is 17.9 Å². The summed E-state index contributed by atoms with van der Waals surface area (Å²) in [5.41, 5.74) is 1.15. The summed E-state index contributed by atoms with van der Waals surface area (Å²) in [7, 11) is 0. The van der Waals surface area contributed by atoms with Crippen molar-refractivity contribution >= 4 is 16.7 Å². The summed E-state index contributed by atoms with van der Waals surface area (Å²) in [5, 5.41) is 5.55. The van der Waals surface area contributed by atoms with E-state index in [4.69, 9.17) is 0 Å². The molecule has 20 heavy (non-hydrogen) atoms. The lowest BCUT2D eigenvalue weighted by atomic mass is 10.0. The second-order valence-corrected chi connectivity index (χ2v) is 5.53. The third-order valence-electron chi connectivity index (χ3n) is 3.80. The Bertz CT molecular complexity index is 591. The highest BCUT2D eigenvalue weighted by Crippen LogP contribution is 2.20. The minimum Gasteiger partial charge on any atom is -0.349 e. The Kier molecular flexibility index (Phi) is 4.78. The summed E-state index contributed by atoms with van der Waals surface area (Å²) in [6.07, 6.45) is 1.98. The lowest BCUT2D eigenvalue weighted by Gasteiger charge is -2.18. The number of carbonyl (C=O) groups is 1. The van der Waals surface area contributed by atoms with E-state index >= 15 is 0 Å². The van der Waals surface area contributed by atoms with E-state index in [0.29, 0.717) is 0 Å². The van der Waals surface area contributed by atoms with Gasteiger partial charge in [-0.15, -0.1) is 0 Å². The van der Waals surface area contributed by atoms with Crippen LogP contribution in [0.4, 0.5) is 0 Å². The van der Waals surface area contributed by atoms with Crippen molar-refractivity contribution in [1.29, 1.82) is 0 Å². The van der Waals surface area contributed by atoms with Gasteiger partial charge in [0.1, 0.15) is 0 Å². The topological polar surface area (TPSA) is 29.1 Å². The van der Waals surface area contributed by atoms with Gasteiger partial charge >= 0.3 is 0 Å². The smallest absolute Gasteiger partial charge is 0.223 e. The van der Waals surface area contributed by atoms with Gasteiger partial charge in [0, 0.05) is 5.92 Å². The predicted octanol–water partition coefficient (Wildman–Crippen LogP) is 4.45. The highest BCUT2D eigenvalue weighted by atomic mass is 16.1. The molecule has 2 aromatic rings. The van der Waals surface area contributed by atoms with Crippen molar-refractivity contribution in [2.45, 2.75) is 39.7 Å². The van der Waals surface area contributed by atoms with Crippen LogP contribution in [-0.4, -0.2) is 5.91 Å². The molecule has 2 heteroatoms. The first-order chi connectivity index (χ1) is 9.61. The molecule has 2 atom stereocenters. The third-order valence-corrected chi connectivity index (χ3v) is 3.80. The van der Waals surface area contributed by atoms with E-state index in [2.05, 4.69) is 42.6 Å². The summed E-state index contributed by atoms with van der Waals surface area (Å²) in [6, 6.07) is 14.7. The molecular formula is C18H23NO. The number of amides is 1. The van der Waals surface area contributed by atoms with E-state index in [0.717, 1.165) is 18.4 Å². The number of carbonyl (C=O) groups excluding carboxylic acids is 1. The molecule has 0 spiro atoms. The molecular weight excluding hydrogens is 246 g/mol. The fourth-order valence-corrected chi connectivity index (χ4v) is 2.48. The van der Waals surface area contributed by atoms with Crippen LogP contribution in [0.5, 0.6) is 0 Å². The summed E-state index contributed by atoms with van der Waals surface area (Å²) in [6.45, 7) is 6.14. The molecule has 0 aliphatic carbocycles. The predicted molar refractivity (Wildman–Crippen MR) is 84.6 cm³/mol. The molecule has 106 valence electrons. The highest BCUT2D eigenvalue weighted by molar-refractivity contribution is 5.83. The SMILES string of the molecule is CCCC(C)C(=O)NC(C)c1ccc2ccccc2c1. The number of nitrogens with one attached hydrogen (secondary N) is 1. The molecule has 0 aromatic heterocycles. The molecule has 2 rings (SSSR count). The Morgan fingerprint density at radius 3 is 2.50 bits per heavy atom. The van der Waals surface area contributed by atoms with Gasteiger partial charge in [0.2, 0.25) is 5.91 Å². The van der Waals surface area contributed by atoms with Gasteiger partial charge in [-0.3, -0.25) is 4.79 Å². The monoisotopic (exact) mass is 269 g/mol. The summed E-state index contributed by atoms with van der Waals surface area (Å²) in [4.78, 5) is 12.1. The fraction of sp³-hybridized carbons (Fsp3) is 0.389. The molecule has 1 amide bonds. The van der Waals surface area contributed by atoms with Gasteiger partial charge in [-0.2, -0.15) is 0 Å². The van der Waals surface area contributed by atoms with E-state index in [9.17, 15) is 4.79 Å². The highest BCUT2D eigenvalue weighted by Gasteiger charge is 2.15. The van der Waals surface area contributed by atoms with Crippen LogP contribution in [0.25, 0.3) is 10.8 Å². The van der Waals surface area contributed by atoms with E-state index in [1.54, 1.807) is 0 Å². The maximum Gasteiger partial charge on any atom is 0.223 e. The van der Waals surface area contributed by atoms with Gasteiger partial charge in [-0.05, 0) is 35.7 Å². The Morgan fingerprint density at radius 1 is 1.10 bits per heavy atom. The van der Waals surface area contributed by atoms with Crippen LogP contribution in [0, 0.1) is 5.92 Å². The second-order valence-electron chi connectivity index (χ2n) is 5.53. The van der Waals surface area contributed by atoms with Crippen molar-refractivity contribution in [3.63, 3.8) is 0 Å². The van der Waals surface area contributed by atoms with E-state index in [1.165, 1.54) is 10.8 Å². The fourth-order valence-electron chi connectivity index (χ4n) is 2.48. The molecule has 2 nitrogen and oxygen atoms in total. The van der Waals surface area contributed by atoms with Crippen molar-refractivity contribution in [3.05, 3.63) is 48.0 Å². The minimum absolute atomic E-state index is 0.0476. The molecule has 2 unspecified atom stereocenters. The number of fused-ring (bicyclic) bond motifs is 1. The molecule has 0 radical (unpaired) electrons. The molecule has 1 N–H and O–H groups in total.